The summed E-state index contributed by atoms with van der Waals surface area (Å²) in [6.45, 7) is 0. The lowest BCUT2D eigenvalue weighted by Gasteiger charge is -2.16. The van der Waals surface area contributed by atoms with Gasteiger partial charge < -0.3 is 5.32 Å². The first-order valence-corrected chi connectivity index (χ1v) is 10.2. The summed E-state index contributed by atoms with van der Waals surface area (Å²) in [5.41, 5.74) is 3.62. The SMILES string of the molecule is O=C(Nc1ccc(Cc2nnc3ccccn23)cc1)C(Cc1ccccc1)n1cnnn1. The van der Waals surface area contributed by atoms with Gasteiger partial charge in [-0.3, -0.25) is 9.20 Å². The summed E-state index contributed by atoms with van der Waals surface area (Å²) < 4.78 is 3.45. The average molecular weight is 424 g/mol. The van der Waals surface area contributed by atoms with E-state index in [1.54, 1.807) is 0 Å². The van der Waals surface area contributed by atoms with Crippen molar-refractivity contribution in [3.8, 4) is 0 Å². The molecule has 2 aromatic carbocycles. The van der Waals surface area contributed by atoms with E-state index in [-0.39, 0.29) is 5.91 Å². The molecule has 0 fully saturated rings. The highest BCUT2D eigenvalue weighted by atomic mass is 16.2. The van der Waals surface area contributed by atoms with Crippen LogP contribution in [0.4, 0.5) is 5.69 Å². The van der Waals surface area contributed by atoms with Gasteiger partial charge in [0.2, 0.25) is 5.91 Å². The fourth-order valence-corrected chi connectivity index (χ4v) is 3.58. The van der Waals surface area contributed by atoms with E-state index >= 15 is 0 Å². The van der Waals surface area contributed by atoms with Crippen molar-refractivity contribution in [2.75, 3.05) is 5.32 Å². The minimum atomic E-state index is -0.561. The number of carbonyl (C=O) groups is 1. The Kier molecular flexibility index (Phi) is 5.36. The van der Waals surface area contributed by atoms with Crippen molar-refractivity contribution >= 4 is 17.2 Å². The van der Waals surface area contributed by atoms with E-state index in [1.807, 2.05) is 83.4 Å². The molecule has 0 bridgehead atoms. The Bertz CT molecular complexity index is 1310. The number of hydrogen-bond acceptors (Lipinski definition) is 6. The standard InChI is InChI=1S/C23H20N8O/c32-23(20(31-16-24-28-29-31)14-17-6-2-1-3-7-17)25-19-11-9-18(10-12-19)15-22-27-26-21-8-4-5-13-30(21)22/h1-13,16,20H,14-15H2,(H,25,32). The van der Waals surface area contributed by atoms with Gasteiger partial charge in [-0.2, -0.15) is 0 Å². The second-order valence-electron chi connectivity index (χ2n) is 7.40. The molecule has 5 aromatic rings. The number of anilines is 1. The van der Waals surface area contributed by atoms with E-state index in [0.717, 1.165) is 22.6 Å². The molecule has 158 valence electrons. The predicted molar refractivity (Wildman–Crippen MR) is 118 cm³/mol. The smallest absolute Gasteiger partial charge is 0.249 e. The zero-order valence-corrected chi connectivity index (χ0v) is 17.1. The van der Waals surface area contributed by atoms with Gasteiger partial charge >= 0.3 is 0 Å². The number of benzene rings is 2. The summed E-state index contributed by atoms with van der Waals surface area (Å²) in [7, 11) is 0. The summed E-state index contributed by atoms with van der Waals surface area (Å²) >= 11 is 0. The van der Waals surface area contributed by atoms with Crippen LogP contribution < -0.4 is 5.32 Å². The molecule has 1 amide bonds. The number of hydrogen-bond donors (Lipinski definition) is 1. The monoisotopic (exact) mass is 424 g/mol. The van der Waals surface area contributed by atoms with E-state index in [1.165, 1.54) is 11.0 Å². The summed E-state index contributed by atoms with van der Waals surface area (Å²) in [6, 6.07) is 22.8. The Labute approximate surface area is 183 Å². The van der Waals surface area contributed by atoms with Crippen molar-refractivity contribution in [1.29, 1.82) is 0 Å². The van der Waals surface area contributed by atoms with E-state index in [9.17, 15) is 4.79 Å². The maximum atomic E-state index is 13.1. The number of aromatic nitrogens is 7. The number of fused-ring (bicyclic) bond motifs is 1. The third-order valence-electron chi connectivity index (χ3n) is 5.23. The van der Waals surface area contributed by atoms with Crippen LogP contribution in [-0.4, -0.2) is 40.7 Å². The minimum Gasteiger partial charge on any atom is -0.324 e. The Balaban J connectivity index is 1.30. The van der Waals surface area contributed by atoms with Crippen LogP contribution in [0, 0.1) is 0 Å². The number of nitrogens with zero attached hydrogens (tertiary/aromatic N) is 7. The van der Waals surface area contributed by atoms with Crippen LogP contribution in [0.15, 0.2) is 85.3 Å². The molecule has 0 aliphatic rings. The third-order valence-corrected chi connectivity index (χ3v) is 5.23. The predicted octanol–water partition coefficient (Wildman–Crippen LogP) is 2.73. The number of rotatable bonds is 7. The van der Waals surface area contributed by atoms with Crippen LogP contribution in [0.25, 0.3) is 5.65 Å². The zero-order chi connectivity index (χ0) is 21.8. The highest BCUT2D eigenvalue weighted by Gasteiger charge is 2.22. The molecule has 1 unspecified atom stereocenters. The van der Waals surface area contributed by atoms with Crippen molar-refractivity contribution in [1.82, 2.24) is 34.8 Å². The van der Waals surface area contributed by atoms with Gasteiger partial charge in [0.1, 0.15) is 18.2 Å². The van der Waals surface area contributed by atoms with Crippen molar-refractivity contribution in [2.45, 2.75) is 18.9 Å². The van der Waals surface area contributed by atoms with Crippen LogP contribution in [0.3, 0.4) is 0 Å². The molecule has 9 nitrogen and oxygen atoms in total. The van der Waals surface area contributed by atoms with Gasteiger partial charge in [-0.1, -0.05) is 48.5 Å². The van der Waals surface area contributed by atoms with E-state index in [4.69, 9.17) is 0 Å². The molecule has 0 saturated carbocycles. The quantitative estimate of drug-likeness (QED) is 0.431. The first kappa shape index (κ1) is 19.6. The van der Waals surface area contributed by atoms with E-state index in [0.29, 0.717) is 18.5 Å². The molecule has 0 saturated heterocycles. The third kappa shape index (κ3) is 4.22. The lowest BCUT2D eigenvalue weighted by molar-refractivity contribution is -0.119. The molecule has 0 spiro atoms. The molecule has 3 heterocycles. The molecule has 1 N–H and O–H groups in total. The Morgan fingerprint density at radius 3 is 2.50 bits per heavy atom. The normalized spacial score (nSPS) is 12.0. The second-order valence-corrected chi connectivity index (χ2v) is 7.40. The summed E-state index contributed by atoms with van der Waals surface area (Å²) in [4.78, 5) is 13.1. The van der Waals surface area contributed by atoms with Crippen LogP contribution in [-0.2, 0) is 17.6 Å². The lowest BCUT2D eigenvalue weighted by Crippen LogP contribution is -2.28. The second kappa shape index (κ2) is 8.76. The molecule has 1 atom stereocenters. The molecule has 0 aliphatic heterocycles. The average Bonchev–Trinajstić information content (AvgIpc) is 3.50. The zero-order valence-electron chi connectivity index (χ0n) is 17.1. The number of pyridine rings is 1. The van der Waals surface area contributed by atoms with E-state index < -0.39 is 6.04 Å². The molecule has 0 radical (unpaired) electrons. The highest BCUT2D eigenvalue weighted by Crippen LogP contribution is 2.18. The molecular formula is C23H20N8O. The fourth-order valence-electron chi connectivity index (χ4n) is 3.58. The van der Waals surface area contributed by atoms with E-state index in [2.05, 4.69) is 31.0 Å². The van der Waals surface area contributed by atoms with Gasteiger partial charge in [0.15, 0.2) is 5.65 Å². The summed E-state index contributed by atoms with van der Waals surface area (Å²) in [6.07, 6.45) is 4.53. The topological polar surface area (TPSA) is 103 Å². The van der Waals surface area contributed by atoms with Crippen LogP contribution in [0.5, 0.6) is 0 Å². The van der Waals surface area contributed by atoms with Gasteiger partial charge in [-0.05, 0) is 45.8 Å². The summed E-state index contributed by atoms with van der Waals surface area (Å²) in [5, 5.41) is 22.7. The maximum Gasteiger partial charge on any atom is 0.249 e. The Morgan fingerprint density at radius 1 is 0.906 bits per heavy atom. The van der Waals surface area contributed by atoms with Crippen molar-refractivity contribution in [3.05, 3.63) is 102 Å². The first-order valence-electron chi connectivity index (χ1n) is 10.2. The maximum absolute atomic E-state index is 13.1. The number of tetrazole rings is 1. The van der Waals surface area contributed by atoms with Crippen molar-refractivity contribution in [3.63, 3.8) is 0 Å². The number of amides is 1. The largest absolute Gasteiger partial charge is 0.324 e. The lowest BCUT2D eigenvalue weighted by atomic mass is 10.1. The molecular weight excluding hydrogens is 404 g/mol. The van der Waals surface area contributed by atoms with Crippen molar-refractivity contribution < 1.29 is 4.79 Å². The van der Waals surface area contributed by atoms with Gasteiger partial charge in [-0.15, -0.1) is 15.3 Å². The fraction of sp³-hybridized carbons (Fsp3) is 0.130. The molecule has 5 rings (SSSR count). The summed E-state index contributed by atoms with van der Waals surface area (Å²) in [5.74, 6) is 0.677. The van der Waals surface area contributed by atoms with Crippen LogP contribution >= 0.6 is 0 Å². The van der Waals surface area contributed by atoms with Gasteiger partial charge in [0.05, 0.1) is 0 Å². The molecule has 0 aliphatic carbocycles. The van der Waals surface area contributed by atoms with Gasteiger partial charge in [-0.25, -0.2) is 4.68 Å². The Morgan fingerprint density at radius 2 is 1.72 bits per heavy atom. The molecule has 32 heavy (non-hydrogen) atoms. The van der Waals surface area contributed by atoms with Gasteiger partial charge in [0, 0.05) is 24.7 Å². The number of carbonyl (C=O) groups excluding carboxylic acids is 1. The van der Waals surface area contributed by atoms with Crippen LogP contribution in [0.2, 0.25) is 0 Å². The van der Waals surface area contributed by atoms with Crippen molar-refractivity contribution in [2.24, 2.45) is 0 Å². The Hall–Kier alpha value is -4.40. The molecule has 9 heteroatoms. The van der Waals surface area contributed by atoms with Crippen LogP contribution in [0.1, 0.15) is 23.0 Å². The first-order chi connectivity index (χ1) is 15.8. The number of nitrogens with one attached hydrogen (secondary N) is 1. The minimum absolute atomic E-state index is 0.183. The molecule has 3 aromatic heterocycles. The van der Waals surface area contributed by atoms with Gasteiger partial charge in [0.25, 0.3) is 0 Å². The highest BCUT2D eigenvalue weighted by molar-refractivity contribution is 5.93.